The Morgan fingerprint density at radius 2 is 1.86 bits per heavy atom. The second-order valence-electron chi connectivity index (χ2n) is 8.78. The van der Waals surface area contributed by atoms with E-state index < -0.39 is 23.4 Å². The number of nitrogen functional groups attached to an aromatic ring is 1. The highest BCUT2D eigenvalue weighted by Crippen LogP contribution is 2.32. The predicted octanol–water partition coefficient (Wildman–Crippen LogP) is 3.97. The summed E-state index contributed by atoms with van der Waals surface area (Å²) in [6, 6.07) is 9.86. The van der Waals surface area contributed by atoms with Gasteiger partial charge in [0.05, 0.1) is 18.8 Å². The first-order valence-electron chi connectivity index (χ1n) is 11.5. The third kappa shape index (κ3) is 6.21. The summed E-state index contributed by atoms with van der Waals surface area (Å²) in [5.74, 6) is -1.02. The number of nitrogens with one attached hydrogen (secondary N) is 1. The van der Waals surface area contributed by atoms with E-state index in [1.807, 2.05) is 45.2 Å². The lowest BCUT2D eigenvalue weighted by Gasteiger charge is -2.34. The molecule has 0 aliphatic heterocycles. The van der Waals surface area contributed by atoms with Crippen molar-refractivity contribution in [1.82, 2.24) is 14.6 Å². The number of primary amides is 1. The first-order valence-corrected chi connectivity index (χ1v) is 13.2. The monoisotopic (exact) mass is 529 g/mol. The fourth-order valence-corrected chi connectivity index (χ4v) is 4.95. The smallest absolute Gasteiger partial charge is 0.270 e. The zero-order chi connectivity index (χ0) is 26.5. The maximum absolute atomic E-state index is 13.9. The van der Waals surface area contributed by atoms with E-state index in [1.165, 1.54) is 16.2 Å². The molecular formula is C25H31N5O4S2. The van der Waals surface area contributed by atoms with E-state index in [9.17, 15) is 14.4 Å². The molecule has 0 bridgehead atoms. The van der Waals surface area contributed by atoms with Crippen molar-refractivity contribution in [2.24, 2.45) is 5.73 Å². The molecule has 2 heterocycles. The maximum Gasteiger partial charge on any atom is 0.270 e. The summed E-state index contributed by atoms with van der Waals surface area (Å²) < 4.78 is 9.53. The van der Waals surface area contributed by atoms with Gasteiger partial charge in [0, 0.05) is 10.4 Å². The van der Waals surface area contributed by atoms with Crippen LogP contribution < -0.4 is 21.5 Å². The van der Waals surface area contributed by atoms with Gasteiger partial charge in [-0.15, -0.1) is 11.3 Å². The Labute approximate surface area is 218 Å². The molecule has 2 aromatic heterocycles. The van der Waals surface area contributed by atoms with Crippen molar-refractivity contribution >= 4 is 46.3 Å². The summed E-state index contributed by atoms with van der Waals surface area (Å²) in [5.41, 5.74) is 11.3. The standard InChI is InChI=1S/C25H31N5O4S2/c1-5-25(3,4)28-23(32)20(15-9-11-16(12-10-15)34-6-2)30(14-17-8-7-13-35-17)24(33)21-18(26)19(22(27)31)29-36-21/h7-13,20H,5-6,14,26H2,1-4H3,(H2,27,31)(H,28,32). The minimum Gasteiger partial charge on any atom is -0.494 e. The van der Waals surface area contributed by atoms with Gasteiger partial charge in [-0.05, 0) is 67.9 Å². The SMILES string of the molecule is CCOc1ccc(C(C(=O)NC(C)(C)CC)N(Cc2cccs2)C(=O)c2snc(C(N)=O)c2N)cc1. The quantitative estimate of drug-likeness (QED) is 0.343. The summed E-state index contributed by atoms with van der Waals surface area (Å²) in [6.07, 6.45) is 0.692. The van der Waals surface area contributed by atoms with Crippen LogP contribution in [0.15, 0.2) is 41.8 Å². The van der Waals surface area contributed by atoms with E-state index in [1.54, 1.807) is 24.3 Å². The number of amides is 3. The summed E-state index contributed by atoms with van der Waals surface area (Å²) >= 11 is 2.26. The van der Waals surface area contributed by atoms with Crippen LogP contribution in [0.4, 0.5) is 5.69 Å². The molecule has 0 saturated heterocycles. The number of thiophene rings is 1. The third-order valence-corrected chi connectivity index (χ3v) is 7.45. The molecule has 0 aliphatic carbocycles. The van der Waals surface area contributed by atoms with E-state index in [2.05, 4.69) is 9.69 Å². The van der Waals surface area contributed by atoms with Gasteiger partial charge < -0.3 is 26.4 Å². The lowest BCUT2D eigenvalue weighted by molar-refractivity contribution is -0.127. The fourth-order valence-electron chi connectivity index (χ4n) is 3.49. The van der Waals surface area contributed by atoms with Crippen LogP contribution in [0, 0.1) is 0 Å². The van der Waals surface area contributed by atoms with E-state index in [0.29, 0.717) is 24.3 Å². The van der Waals surface area contributed by atoms with Crippen molar-refractivity contribution in [2.75, 3.05) is 12.3 Å². The molecule has 0 saturated carbocycles. The van der Waals surface area contributed by atoms with Crippen LogP contribution in [0.25, 0.3) is 0 Å². The molecule has 1 aromatic carbocycles. The lowest BCUT2D eigenvalue weighted by atomic mass is 9.98. The first kappa shape index (κ1) is 27.2. The molecule has 192 valence electrons. The number of carbonyl (C=O) groups excluding carboxylic acids is 3. The van der Waals surface area contributed by atoms with Gasteiger partial charge in [-0.2, -0.15) is 4.37 Å². The average Bonchev–Trinajstić information content (AvgIpc) is 3.48. The summed E-state index contributed by atoms with van der Waals surface area (Å²) in [5, 5.41) is 4.97. The highest BCUT2D eigenvalue weighted by molar-refractivity contribution is 7.10. The Bertz CT molecular complexity index is 1210. The number of benzene rings is 1. The molecule has 3 aromatic rings. The number of aromatic nitrogens is 1. The lowest BCUT2D eigenvalue weighted by Crippen LogP contribution is -2.50. The second kappa shape index (κ2) is 11.5. The van der Waals surface area contributed by atoms with Crippen LogP contribution >= 0.6 is 22.9 Å². The topological polar surface area (TPSA) is 141 Å². The van der Waals surface area contributed by atoms with Crippen LogP contribution in [0.5, 0.6) is 5.75 Å². The minimum absolute atomic E-state index is 0.0545. The predicted molar refractivity (Wildman–Crippen MR) is 142 cm³/mol. The Morgan fingerprint density at radius 1 is 1.17 bits per heavy atom. The van der Waals surface area contributed by atoms with Gasteiger partial charge in [0.1, 0.15) is 16.7 Å². The highest BCUT2D eigenvalue weighted by atomic mass is 32.1. The van der Waals surface area contributed by atoms with Gasteiger partial charge in [-0.1, -0.05) is 25.1 Å². The Balaban J connectivity index is 2.12. The molecule has 1 atom stereocenters. The van der Waals surface area contributed by atoms with E-state index in [-0.39, 0.29) is 28.7 Å². The molecule has 0 aliphatic rings. The molecule has 3 rings (SSSR count). The van der Waals surface area contributed by atoms with Crippen molar-refractivity contribution in [3.63, 3.8) is 0 Å². The summed E-state index contributed by atoms with van der Waals surface area (Å²) in [7, 11) is 0. The van der Waals surface area contributed by atoms with Crippen molar-refractivity contribution in [2.45, 2.75) is 52.2 Å². The van der Waals surface area contributed by atoms with Crippen molar-refractivity contribution in [3.05, 3.63) is 62.8 Å². The molecule has 0 spiro atoms. The highest BCUT2D eigenvalue weighted by Gasteiger charge is 2.36. The molecule has 11 heteroatoms. The van der Waals surface area contributed by atoms with Crippen LogP contribution in [-0.4, -0.2) is 39.1 Å². The Morgan fingerprint density at radius 3 is 2.39 bits per heavy atom. The first-order chi connectivity index (χ1) is 17.1. The minimum atomic E-state index is -0.986. The molecule has 5 N–H and O–H groups in total. The van der Waals surface area contributed by atoms with Crippen LogP contribution in [0.1, 0.15) is 70.8 Å². The van der Waals surface area contributed by atoms with E-state index >= 15 is 0 Å². The van der Waals surface area contributed by atoms with E-state index in [4.69, 9.17) is 16.2 Å². The number of ether oxygens (including phenoxy) is 1. The molecule has 0 fully saturated rings. The van der Waals surface area contributed by atoms with Crippen molar-refractivity contribution in [1.29, 1.82) is 0 Å². The molecule has 36 heavy (non-hydrogen) atoms. The number of hydrogen-bond donors (Lipinski definition) is 3. The van der Waals surface area contributed by atoms with Gasteiger partial charge in [-0.25, -0.2) is 0 Å². The van der Waals surface area contributed by atoms with Gasteiger partial charge >= 0.3 is 0 Å². The number of nitrogens with two attached hydrogens (primary N) is 2. The maximum atomic E-state index is 13.9. The largest absolute Gasteiger partial charge is 0.494 e. The number of rotatable bonds is 11. The van der Waals surface area contributed by atoms with Gasteiger partial charge in [0.25, 0.3) is 11.8 Å². The number of anilines is 1. The zero-order valence-corrected chi connectivity index (χ0v) is 22.4. The average molecular weight is 530 g/mol. The molecule has 1 unspecified atom stereocenters. The molecule has 0 radical (unpaired) electrons. The molecular weight excluding hydrogens is 498 g/mol. The fraction of sp³-hybridized carbons (Fsp3) is 0.360. The van der Waals surface area contributed by atoms with Crippen molar-refractivity contribution in [3.8, 4) is 5.75 Å². The number of nitrogens with zero attached hydrogens (tertiary/aromatic N) is 2. The summed E-state index contributed by atoms with van der Waals surface area (Å²) in [6.45, 7) is 8.36. The van der Waals surface area contributed by atoms with Crippen LogP contribution in [-0.2, 0) is 11.3 Å². The van der Waals surface area contributed by atoms with E-state index in [0.717, 1.165) is 16.4 Å². The van der Waals surface area contributed by atoms with Gasteiger partial charge in [0.15, 0.2) is 5.69 Å². The van der Waals surface area contributed by atoms with Gasteiger partial charge in [-0.3, -0.25) is 14.4 Å². The number of carbonyl (C=O) groups is 3. The Hall–Kier alpha value is -3.44. The van der Waals surface area contributed by atoms with Crippen molar-refractivity contribution < 1.29 is 19.1 Å². The zero-order valence-electron chi connectivity index (χ0n) is 20.7. The normalized spacial score (nSPS) is 12.1. The molecule has 9 nitrogen and oxygen atoms in total. The second-order valence-corrected chi connectivity index (χ2v) is 10.6. The van der Waals surface area contributed by atoms with Crippen LogP contribution in [0.3, 0.4) is 0 Å². The third-order valence-electron chi connectivity index (χ3n) is 5.74. The molecule has 3 amide bonds. The Kier molecular flexibility index (Phi) is 8.70. The number of hydrogen-bond acceptors (Lipinski definition) is 8. The summed E-state index contributed by atoms with van der Waals surface area (Å²) in [4.78, 5) is 41.8. The van der Waals surface area contributed by atoms with Crippen LogP contribution in [0.2, 0.25) is 0 Å². The van der Waals surface area contributed by atoms with Gasteiger partial charge in [0.2, 0.25) is 5.91 Å².